The van der Waals surface area contributed by atoms with E-state index in [9.17, 15) is 22.4 Å². The molecule has 0 bridgehead atoms. The molecule has 0 aromatic heterocycles. The number of nitrogens with one attached hydrogen (secondary N) is 3. The zero-order valence-corrected chi connectivity index (χ0v) is 20.1. The van der Waals surface area contributed by atoms with Crippen LogP contribution in [0.4, 0.5) is 21.5 Å². The maximum atomic E-state index is 13.2. The van der Waals surface area contributed by atoms with Crippen molar-refractivity contribution in [3.63, 3.8) is 0 Å². The highest BCUT2D eigenvalue weighted by atomic mass is 32.2. The van der Waals surface area contributed by atoms with E-state index in [1.807, 2.05) is 6.92 Å². The van der Waals surface area contributed by atoms with E-state index in [1.165, 1.54) is 44.2 Å². The minimum absolute atomic E-state index is 0.0682. The molecule has 0 heterocycles. The molecule has 0 spiro atoms. The molecule has 3 rings (SSSR count). The summed E-state index contributed by atoms with van der Waals surface area (Å²) in [7, 11) is -3.96. The number of benzene rings is 3. The van der Waals surface area contributed by atoms with Crippen LogP contribution >= 0.6 is 0 Å². The summed E-state index contributed by atoms with van der Waals surface area (Å²) < 4.78 is 41.9. The number of hydrogen-bond acceptors (Lipinski definition) is 4. The first-order valence-corrected chi connectivity index (χ1v) is 12.4. The van der Waals surface area contributed by atoms with Crippen LogP contribution in [0.15, 0.2) is 65.6 Å². The molecule has 7 nitrogen and oxygen atoms in total. The quantitative estimate of drug-likeness (QED) is 0.382. The van der Waals surface area contributed by atoms with E-state index in [0.717, 1.165) is 0 Å². The van der Waals surface area contributed by atoms with Crippen LogP contribution in [0, 0.1) is 5.41 Å². The van der Waals surface area contributed by atoms with Crippen molar-refractivity contribution in [3.8, 4) is 0 Å². The number of rotatable bonds is 9. The molecule has 3 aromatic carbocycles. The molecule has 0 atom stereocenters. The monoisotopic (exact) mass is 485 g/mol. The van der Waals surface area contributed by atoms with E-state index in [-0.39, 0.29) is 10.8 Å². The predicted molar refractivity (Wildman–Crippen MR) is 133 cm³/mol. The molecule has 34 heavy (non-hydrogen) atoms. The van der Waals surface area contributed by atoms with Gasteiger partial charge in [0.05, 0.1) is 10.3 Å². The third-order valence-corrected chi connectivity index (χ3v) is 6.71. The van der Waals surface area contributed by atoms with Gasteiger partial charge < -0.3 is 10.6 Å². The second-order valence-corrected chi connectivity index (χ2v) is 10.3. The number of halogens is 1. The predicted octanol–water partition coefficient (Wildman–Crippen LogP) is 5.31. The van der Waals surface area contributed by atoms with E-state index >= 15 is 0 Å². The van der Waals surface area contributed by atoms with Crippen molar-refractivity contribution in [2.24, 2.45) is 5.41 Å². The van der Waals surface area contributed by atoms with Gasteiger partial charge in [0.25, 0.3) is 10.0 Å². The minimum atomic E-state index is -3.96. The van der Waals surface area contributed by atoms with Gasteiger partial charge in [-0.1, -0.05) is 31.2 Å². The van der Waals surface area contributed by atoms with Crippen molar-refractivity contribution < 1.29 is 22.4 Å². The minimum Gasteiger partial charge on any atom is -0.326 e. The summed E-state index contributed by atoms with van der Waals surface area (Å²) in [6, 6.07) is 16.1. The first-order valence-electron chi connectivity index (χ1n) is 10.9. The molecular weight excluding hydrogens is 457 g/mol. The summed E-state index contributed by atoms with van der Waals surface area (Å²) >= 11 is 0. The largest absolute Gasteiger partial charge is 0.326 e. The second-order valence-electron chi connectivity index (χ2n) is 8.61. The lowest BCUT2D eigenvalue weighted by Gasteiger charge is -2.19. The standard InChI is InChI=1S/C25H28FN3O4S/c1-4-7-23(30)28-21-10-5-9-20-19(21)8-6-11-22(20)34(32,33)29-18-14-12-17(13-15-18)27-24(31)25(2,3)16-26/h5-6,8-15,29H,4,7,16H2,1-3H3,(H,27,31)(H,28,30). The second kappa shape index (κ2) is 10.2. The third kappa shape index (κ3) is 5.72. The average molecular weight is 486 g/mol. The summed E-state index contributed by atoms with van der Waals surface area (Å²) in [6.07, 6.45) is 1.08. The van der Waals surface area contributed by atoms with Gasteiger partial charge in [-0.15, -0.1) is 0 Å². The van der Waals surface area contributed by atoms with Crippen molar-refractivity contribution >= 4 is 49.7 Å². The number of carbonyl (C=O) groups excluding carboxylic acids is 2. The highest BCUT2D eigenvalue weighted by Gasteiger charge is 2.27. The van der Waals surface area contributed by atoms with Crippen LogP contribution in [0.1, 0.15) is 33.6 Å². The first kappa shape index (κ1) is 25.2. The zero-order chi connectivity index (χ0) is 24.9. The Balaban J connectivity index is 1.85. The molecule has 0 radical (unpaired) electrons. The Morgan fingerprint density at radius 1 is 0.882 bits per heavy atom. The van der Waals surface area contributed by atoms with Crippen LogP contribution in [0.5, 0.6) is 0 Å². The third-order valence-electron chi connectivity index (χ3n) is 5.27. The van der Waals surface area contributed by atoms with Crippen LogP contribution in [-0.4, -0.2) is 26.9 Å². The van der Waals surface area contributed by atoms with Crippen molar-refractivity contribution in [1.29, 1.82) is 0 Å². The van der Waals surface area contributed by atoms with Gasteiger partial charge in [-0.05, 0) is 56.7 Å². The van der Waals surface area contributed by atoms with Crippen LogP contribution in [0.2, 0.25) is 0 Å². The molecule has 9 heteroatoms. The number of hydrogen-bond donors (Lipinski definition) is 3. The molecule has 3 aromatic rings. The van der Waals surface area contributed by atoms with E-state index in [0.29, 0.717) is 40.7 Å². The maximum absolute atomic E-state index is 13.2. The fourth-order valence-corrected chi connectivity index (χ4v) is 4.54. The van der Waals surface area contributed by atoms with Crippen molar-refractivity contribution in [2.45, 2.75) is 38.5 Å². The van der Waals surface area contributed by atoms with Gasteiger partial charge in [0.15, 0.2) is 0 Å². The van der Waals surface area contributed by atoms with Crippen LogP contribution in [-0.2, 0) is 19.6 Å². The molecule has 2 amide bonds. The van der Waals surface area contributed by atoms with Gasteiger partial charge in [-0.25, -0.2) is 12.8 Å². The van der Waals surface area contributed by atoms with Gasteiger partial charge in [0, 0.05) is 34.3 Å². The van der Waals surface area contributed by atoms with Gasteiger partial charge >= 0.3 is 0 Å². The molecule has 180 valence electrons. The van der Waals surface area contributed by atoms with Crippen LogP contribution in [0.3, 0.4) is 0 Å². The summed E-state index contributed by atoms with van der Waals surface area (Å²) in [5.41, 5.74) is 0.104. The molecule has 0 saturated carbocycles. The van der Waals surface area contributed by atoms with E-state index in [4.69, 9.17) is 0 Å². The van der Waals surface area contributed by atoms with Crippen LogP contribution in [0.25, 0.3) is 10.8 Å². The highest BCUT2D eigenvalue weighted by Crippen LogP contribution is 2.30. The SMILES string of the molecule is CCCC(=O)Nc1cccc2c(S(=O)(=O)Nc3ccc(NC(=O)C(C)(C)CF)cc3)cccc12. The number of carbonyl (C=O) groups is 2. The van der Waals surface area contributed by atoms with Crippen LogP contribution < -0.4 is 15.4 Å². The molecule has 0 fully saturated rings. The Bertz CT molecular complexity index is 1310. The number of amides is 2. The van der Waals surface area contributed by atoms with E-state index < -0.39 is 28.0 Å². The van der Waals surface area contributed by atoms with Crippen molar-refractivity contribution in [2.75, 3.05) is 22.0 Å². The zero-order valence-electron chi connectivity index (χ0n) is 19.3. The van der Waals surface area contributed by atoms with Crippen molar-refractivity contribution in [3.05, 3.63) is 60.7 Å². The Kier molecular flexibility index (Phi) is 7.56. The lowest BCUT2D eigenvalue weighted by molar-refractivity contribution is -0.124. The maximum Gasteiger partial charge on any atom is 0.262 e. The molecule has 0 aliphatic rings. The fraction of sp³-hybridized carbons (Fsp3) is 0.280. The van der Waals surface area contributed by atoms with Gasteiger partial charge in [0.2, 0.25) is 11.8 Å². The van der Waals surface area contributed by atoms with Gasteiger partial charge in [-0.2, -0.15) is 0 Å². The van der Waals surface area contributed by atoms with E-state index in [2.05, 4.69) is 15.4 Å². The van der Waals surface area contributed by atoms with Gasteiger partial charge in [-0.3, -0.25) is 14.3 Å². The number of sulfonamides is 1. The molecule has 3 N–H and O–H groups in total. The Hall–Kier alpha value is -3.46. The Labute approximate surface area is 198 Å². The summed E-state index contributed by atoms with van der Waals surface area (Å²) in [4.78, 5) is 24.3. The van der Waals surface area contributed by atoms with Gasteiger partial charge in [0.1, 0.15) is 6.67 Å². The summed E-state index contributed by atoms with van der Waals surface area (Å²) in [6.45, 7) is 4.10. The number of fused-ring (bicyclic) bond motifs is 1. The summed E-state index contributed by atoms with van der Waals surface area (Å²) in [5, 5.41) is 6.55. The Morgan fingerprint density at radius 2 is 1.50 bits per heavy atom. The lowest BCUT2D eigenvalue weighted by Crippen LogP contribution is -2.32. The van der Waals surface area contributed by atoms with E-state index in [1.54, 1.807) is 30.3 Å². The number of anilines is 3. The van der Waals surface area contributed by atoms with Crippen molar-refractivity contribution in [1.82, 2.24) is 0 Å². The summed E-state index contributed by atoms with van der Waals surface area (Å²) in [5.74, 6) is -0.607. The molecule has 0 unspecified atom stereocenters. The average Bonchev–Trinajstić information content (AvgIpc) is 2.80. The topological polar surface area (TPSA) is 104 Å². The smallest absolute Gasteiger partial charge is 0.262 e. The fourth-order valence-electron chi connectivity index (χ4n) is 3.26. The molecular formula is C25H28FN3O4S. The number of alkyl halides is 1. The molecule has 0 aliphatic heterocycles. The molecule has 0 aliphatic carbocycles. The first-order chi connectivity index (χ1) is 16.1. The lowest BCUT2D eigenvalue weighted by atomic mass is 9.94. The highest BCUT2D eigenvalue weighted by molar-refractivity contribution is 7.93. The normalized spacial score (nSPS) is 11.8. The Morgan fingerprint density at radius 3 is 2.15 bits per heavy atom. The molecule has 0 saturated heterocycles.